The smallest absolute Gasteiger partial charge is 0.273 e. The number of aromatic nitrogens is 1. The molecule has 2 aromatic heterocycles. The fourth-order valence-corrected chi connectivity index (χ4v) is 5.90. The predicted molar refractivity (Wildman–Crippen MR) is 133 cm³/mol. The van der Waals surface area contributed by atoms with Crippen molar-refractivity contribution >= 4 is 61.5 Å². The van der Waals surface area contributed by atoms with Crippen molar-refractivity contribution in [2.45, 2.75) is 36.9 Å². The molecule has 0 saturated heterocycles. The van der Waals surface area contributed by atoms with Crippen LogP contribution in [0.25, 0.3) is 17.0 Å². The maximum Gasteiger partial charge on any atom is 0.273 e. The van der Waals surface area contributed by atoms with Gasteiger partial charge in [0.25, 0.3) is 15.9 Å². The Morgan fingerprint density at radius 2 is 2.06 bits per heavy atom. The van der Waals surface area contributed by atoms with E-state index in [1.807, 2.05) is 23.1 Å². The van der Waals surface area contributed by atoms with Crippen molar-refractivity contribution < 1.29 is 17.6 Å². The number of carbonyl (C=O) groups is 1. The second-order valence-corrected chi connectivity index (χ2v) is 12.1. The minimum absolute atomic E-state index is 0.0604. The summed E-state index contributed by atoms with van der Waals surface area (Å²) in [4.78, 5) is 25.3. The minimum atomic E-state index is -4.08. The first-order valence-corrected chi connectivity index (χ1v) is 13.4. The Labute approximate surface area is 205 Å². The molecule has 4 rings (SSSR count). The topological polar surface area (TPSA) is 97.3 Å². The molecule has 34 heavy (non-hydrogen) atoms. The van der Waals surface area contributed by atoms with E-state index in [1.54, 1.807) is 12.3 Å². The van der Waals surface area contributed by atoms with Crippen molar-refractivity contribution in [3.05, 3.63) is 62.5 Å². The number of nitrogens with zero attached hydrogens (tertiary/aromatic N) is 1. The van der Waals surface area contributed by atoms with Gasteiger partial charge in [-0.3, -0.25) is 9.59 Å². The number of sulfonamides is 1. The number of amides is 1. The summed E-state index contributed by atoms with van der Waals surface area (Å²) in [6, 6.07) is 5.48. The van der Waals surface area contributed by atoms with Crippen LogP contribution in [0.5, 0.6) is 0 Å². The van der Waals surface area contributed by atoms with Crippen LogP contribution in [0.1, 0.15) is 38.3 Å². The summed E-state index contributed by atoms with van der Waals surface area (Å²) in [6.45, 7) is 4.53. The van der Waals surface area contributed by atoms with Crippen LogP contribution in [0, 0.1) is 11.7 Å². The number of nitrogens with one attached hydrogen (secondary N) is 2. The Balaban J connectivity index is 1.64. The van der Waals surface area contributed by atoms with Gasteiger partial charge in [0.15, 0.2) is 5.43 Å². The summed E-state index contributed by atoms with van der Waals surface area (Å²) >= 11 is 6.58. The quantitative estimate of drug-likeness (QED) is 0.414. The average molecular weight is 524 g/mol. The molecule has 1 saturated carbocycles. The van der Waals surface area contributed by atoms with Gasteiger partial charge in [0.2, 0.25) is 0 Å². The van der Waals surface area contributed by atoms with Gasteiger partial charge in [-0.05, 0) is 62.9 Å². The molecule has 0 atom stereocenters. The number of hydrogen-bond donors (Lipinski definition) is 2. The molecule has 1 aliphatic rings. The number of benzene rings is 1. The van der Waals surface area contributed by atoms with Gasteiger partial charge in [-0.2, -0.15) is 0 Å². The second kappa shape index (κ2) is 9.52. The van der Waals surface area contributed by atoms with Gasteiger partial charge in [-0.15, -0.1) is 11.3 Å². The average Bonchev–Trinajstić information content (AvgIpc) is 3.49. The summed E-state index contributed by atoms with van der Waals surface area (Å²) < 4.78 is 43.2. The lowest BCUT2D eigenvalue weighted by atomic mass is 10.1. The normalized spacial score (nSPS) is 14.3. The number of hydrogen-bond acceptors (Lipinski definition) is 6. The third-order valence-corrected chi connectivity index (χ3v) is 8.52. The third kappa shape index (κ3) is 5.34. The van der Waals surface area contributed by atoms with Crippen molar-refractivity contribution in [2.75, 3.05) is 11.9 Å². The van der Waals surface area contributed by atoms with E-state index in [9.17, 15) is 22.4 Å². The van der Waals surface area contributed by atoms with Crippen molar-refractivity contribution in [3.8, 4) is 0 Å². The Morgan fingerprint density at radius 1 is 1.32 bits per heavy atom. The van der Waals surface area contributed by atoms with Gasteiger partial charge in [-0.1, -0.05) is 11.6 Å². The molecule has 0 bridgehead atoms. The monoisotopic (exact) mass is 523 g/mol. The van der Waals surface area contributed by atoms with Crippen LogP contribution in [0.2, 0.25) is 4.34 Å². The standard InChI is InChI=1S/C23H23ClFN3O4S2/c1-13(2)28-12-15(5-7-21(29)27-34(31,32)22-8-6-20(24)33-22)23(30)16-9-17(25)18(10-19(16)28)26-11-14-3-4-14/h5-10,12-14,26H,3-4,11H2,1-2H3,(H,27,29). The van der Waals surface area contributed by atoms with Gasteiger partial charge in [-0.25, -0.2) is 17.5 Å². The lowest BCUT2D eigenvalue weighted by molar-refractivity contribution is -0.114. The molecule has 0 unspecified atom stereocenters. The molecule has 1 aromatic carbocycles. The fraction of sp³-hybridized carbons (Fsp3) is 0.304. The minimum Gasteiger partial charge on any atom is -0.382 e. The van der Waals surface area contributed by atoms with E-state index in [0.717, 1.165) is 30.3 Å². The van der Waals surface area contributed by atoms with Crippen molar-refractivity contribution in [1.82, 2.24) is 9.29 Å². The van der Waals surface area contributed by atoms with Crippen molar-refractivity contribution in [1.29, 1.82) is 0 Å². The molecule has 2 heterocycles. The van der Waals surface area contributed by atoms with Gasteiger partial charge in [0.05, 0.1) is 15.5 Å². The lowest BCUT2D eigenvalue weighted by Crippen LogP contribution is -2.28. The number of fused-ring (bicyclic) bond motifs is 1. The molecular formula is C23H23ClFN3O4S2. The zero-order chi connectivity index (χ0) is 24.6. The van der Waals surface area contributed by atoms with E-state index < -0.39 is 27.2 Å². The molecule has 0 radical (unpaired) electrons. The second-order valence-electron chi connectivity index (χ2n) is 8.45. The van der Waals surface area contributed by atoms with Crippen LogP contribution in [0.4, 0.5) is 10.1 Å². The van der Waals surface area contributed by atoms with E-state index >= 15 is 0 Å². The van der Waals surface area contributed by atoms with E-state index in [2.05, 4.69) is 5.32 Å². The van der Waals surface area contributed by atoms with Gasteiger partial charge in [0, 0.05) is 35.8 Å². The zero-order valence-corrected chi connectivity index (χ0v) is 20.9. The Hall–Kier alpha value is -2.69. The summed E-state index contributed by atoms with van der Waals surface area (Å²) in [7, 11) is -4.08. The van der Waals surface area contributed by atoms with Crippen molar-refractivity contribution in [2.24, 2.45) is 5.92 Å². The predicted octanol–water partition coefficient (Wildman–Crippen LogP) is 4.78. The van der Waals surface area contributed by atoms with E-state index in [0.29, 0.717) is 23.7 Å². The van der Waals surface area contributed by atoms with E-state index in [-0.39, 0.29) is 25.5 Å². The van der Waals surface area contributed by atoms with Crippen LogP contribution < -0.4 is 15.5 Å². The summed E-state index contributed by atoms with van der Waals surface area (Å²) in [5.74, 6) is -0.896. The Kier molecular flexibility index (Phi) is 6.84. The molecular weight excluding hydrogens is 501 g/mol. The first kappa shape index (κ1) is 24.4. The highest BCUT2D eigenvalue weighted by atomic mass is 35.5. The fourth-order valence-electron chi connectivity index (χ4n) is 3.47. The molecule has 0 spiro atoms. The lowest BCUT2D eigenvalue weighted by Gasteiger charge is -2.18. The van der Waals surface area contributed by atoms with E-state index in [1.165, 1.54) is 24.3 Å². The number of halogens is 2. The number of anilines is 1. The van der Waals surface area contributed by atoms with Crippen LogP contribution in [0.15, 0.2) is 45.5 Å². The van der Waals surface area contributed by atoms with Crippen LogP contribution >= 0.6 is 22.9 Å². The highest BCUT2D eigenvalue weighted by Gasteiger charge is 2.22. The zero-order valence-electron chi connectivity index (χ0n) is 18.5. The first-order chi connectivity index (χ1) is 16.0. The van der Waals surface area contributed by atoms with Crippen LogP contribution in [-0.2, 0) is 14.8 Å². The number of thiophene rings is 1. The first-order valence-electron chi connectivity index (χ1n) is 10.7. The third-order valence-electron chi connectivity index (χ3n) is 5.45. The Morgan fingerprint density at radius 3 is 2.68 bits per heavy atom. The maximum atomic E-state index is 14.7. The number of carbonyl (C=O) groups excluding carboxylic acids is 1. The number of rotatable bonds is 8. The summed E-state index contributed by atoms with van der Waals surface area (Å²) in [5, 5.41) is 3.30. The molecule has 1 aliphatic carbocycles. The largest absolute Gasteiger partial charge is 0.382 e. The summed E-state index contributed by atoms with van der Waals surface area (Å²) in [5.41, 5.74) is 0.579. The van der Waals surface area contributed by atoms with Gasteiger partial charge >= 0.3 is 0 Å². The van der Waals surface area contributed by atoms with Crippen LogP contribution in [-0.4, -0.2) is 25.4 Å². The molecule has 3 aromatic rings. The molecule has 1 fully saturated rings. The molecule has 7 nitrogen and oxygen atoms in total. The van der Waals surface area contributed by atoms with Gasteiger partial charge < -0.3 is 9.88 Å². The molecule has 180 valence electrons. The van der Waals surface area contributed by atoms with Gasteiger partial charge in [0.1, 0.15) is 10.0 Å². The molecule has 11 heteroatoms. The molecule has 2 N–H and O–H groups in total. The highest BCUT2D eigenvalue weighted by Crippen LogP contribution is 2.30. The highest BCUT2D eigenvalue weighted by molar-refractivity contribution is 7.92. The van der Waals surface area contributed by atoms with E-state index in [4.69, 9.17) is 11.6 Å². The Bertz CT molecular complexity index is 1460. The number of pyridine rings is 1. The molecule has 1 amide bonds. The molecule has 0 aliphatic heterocycles. The van der Waals surface area contributed by atoms with Crippen molar-refractivity contribution in [3.63, 3.8) is 0 Å². The van der Waals surface area contributed by atoms with Crippen LogP contribution in [0.3, 0.4) is 0 Å². The summed E-state index contributed by atoms with van der Waals surface area (Å²) in [6.07, 6.45) is 6.02. The maximum absolute atomic E-state index is 14.7. The SMILES string of the molecule is CC(C)n1cc(C=CC(=O)NS(=O)(=O)c2ccc(Cl)s2)c(=O)c2cc(F)c(NCC3CC3)cc21.